The standard InChI is InChI=1S/C47H29N3O2.2C36H25N3O/c1-47(30-15-6-3-7-16-30)41-33(34-24-25-35-31-17-8-11-22-39(31)52-43(35)42(34)47)19-12-20-36(41)46-49-44(28-13-4-2-5-14-28)48-45(50-46)29-23-26-40-37(27-29)32-18-9-10-21-38(32)51-40;2*1-36(2)30-25(26-20-21-27-24-16-9-10-19-29(24)40-32(27)31(26)36)17-11-18-28(30)35-38-33(22-12-5-3-6-13-22)37-34(39-35)23-14-7-4-8-15-23/h2-27H,1H3;2*3-21H,1-2H3. The zero-order chi connectivity index (χ0) is 88.1. The highest BCUT2D eigenvalue weighted by molar-refractivity contribution is 6.13. The molecule has 0 radical (unpaired) electrons. The molecule has 13 heteroatoms. The van der Waals surface area contributed by atoms with E-state index in [0.29, 0.717) is 52.4 Å². The van der Waals surface area contributed by atoms with Crippen molar-refractivity contribution in [3.8, 4) is 136 Å². The van der Waals surface area contributed by atoms with Crippen LogP contribution in [0.15, 0.2) is 406 Å². The number of hydrogen-bond donors (Lipinski definition) is 0. The Kier molecular flexibility index (Phi) is 17.8. The van der Waals surface area contributed by atoms with Crippen LogP contribution in [0.4, 0.5) is 0 Å². The smallest absolute Gasteiger partial charge is 0.164 e. The second-order valence-electron chi connectivity index (χ2n) is 35.4. The number of benzene rings is 17. The number of hydrogen-bond acceptors (Lipinski definition) is 13. The van der Waals surface area contributed by atoms with Crippen LogP contribution in [-0.2, 0) is 16.2 Å². The van der Waals surface area contributed by atoms with Gasteiger partial charge >= 0.3 is 0 Å². The number of fused-ring (bicyclic) bond motifs is 24. The quantitative estimate of drug-likeness (QED) is 0.127. The maximum Gasteiger partial charge on any atom is 0.164 e. The van der Waals surface area contributed by atoms with Gasteiger partial charge in [-0.25, -0.2) is 44.9 Å². The fourth-order valence-electron chi connectivity index (χ4n) is 21.1. The molecule has 1 unspecified atom stereocenters. The third-order valence-electron chi connectivity index (χ3n) is 27.0. The van der Waals surface area contributed by atoms with Crippen LogP contribution in [0.25, 0.3) is 224 Å². The first-order valence-corrected chi connectivity index (χ1v) is 44.6. The topological polar surface area (TPSA) is 169 Å². The molecular formula is C119H79N9O4. The molecule has 0 saturated heterocycles. The van der Waals surface area contributed by atoms with E-state index in [-0.39, 0.29) is 10.8 Å². The summed E-state index contributed by atoms with van der Waals surface area (Å²) in [7, 11) is 0. The molecule has 132 heavy (non-hydrogen) atoms. The Balaban J connectivity index is 0.000000108. The van der Waals surface area contributed by atoms with E-state index in [1.165, 1.54) is 50.1 Å². The molecule has 624 valence electrons. The van der Waals surface area contributed by atoms with Gasteiger partial charge in [0.25, 0.3) is 0 Å². The summed E-state index contributed by atoms with van der Waals surface area (Å²) in [5, 5.41) is 8.90. The van der Waals surface area contributed by atoms with Gasteiger partial charge in [-0.1, -0.05) is 355 Å². The van der Waals surface area contributed by atoms with Crippen molar-refractivity contribution in [2.45, 2.75) is 50.9 Å². The molecule has 7 heterocycles. The van der Waals surface area contributed by atoms with E-state index in [2.05, 4.69) is 211 Å². The maximum atomic E-state index is 6.75. The second kappa shape index (κ2) is 30.3. The second-order valence-corrected chi connectivity index (χ2v) is 35.4. The highest BCUT2D eigenvalue weighted by Gasteiger charge is 2.47. The highest BCUT2D eigenvalue weighted by atomic mass is 16.3. The molecule has 3 aliphatic rings. The van der Waals surface area contributed by atoms with Gasteiger partial charge in [-0.3, -0.25) is 0 Å². The van der Waals surface area contributed by atoms with E-state index in [0.717, 1.165) is 160 Å². The van der Waals surface area contributed by atoms with Crippen molar-refractivity contribution >= 4 is 87.8 Å². The number of nitrogens with zero attached hydrogens (tertiary/aromatic N) is 9. The van der Waals surface area contributed by atoms with E-state index >= 15 is 0 Å². The van der Waals surface area contributed by atoms with E-state index in [9.17, 15) is 0 Å². The van der Waals surface area contributed by atoms with Crippen LogP contribution in [0.1, 0.15) is 73.6 Å². The predicted octanol–water partition coefficient (Wildman–Crippen LogP) is 30.2. The Morgan fingerprint density at radius 1 is 0.167 bits per heavy atom. The van der Waals surface area contributed by atoms with E-state index in [1.807, 2.05) is 212 Å². The van der Waals surface area contributed by atoms with E-state index in [4.69, 9.17) is 62.5 Å². The average Bonchev–Trinajstić information content (AvgIpc) is 1.56. The van der Waals surface area contributed by atoms with Crippen LogP contribution in [0.2, 0.25) is 0 Å². The Morgan fingerprint density at radius 3 is 0.788 bits per heavy atom. The van der Waals surface area contributed by atoms with Gasteiger partial charge in [0.1, 0.15) is 44.7 Å². The molecule has 0 saturated carbocycles. The van der Waals surface area contributed by atoms with Gasteiger partial charge in [0, 0.05) is 126 Å². The molecule has 0 amide bonds. The van der Waals surface area contributed by atoms with Gasteiger partial charge in [-0.2, -0.15) is 0 Å². The van der Waals surface area contributed by atoms with Crippen molar-refractivity contribution in [3.63, 3.8) is 0 Å². The predicted molar refractivity (Wildman–Crippen MR) is 530 cm³/mol. The van der Waals surface area contributed by atoms with Crippen LogP contribution in [0.3, 0.4) is 0 Å². The molecule has 0 bridgehead atoms. The van der Waals surface area contributed by atoms with Crippen molar-refractivity contribution in [2.24, 2.45) is 0 Å². The van der Waals surface area contributed by atoms with Crippen molar-refractivity contribution in [3.05, 3.63) is 427 Å². The summed E-state index contributed by atoms with van der Waals surface area (Å²) < 4.78 is 26.0. The minimum absolute atomic E-state index is 0.332. The molecule has 13 nitrogen and oxygen atoms in total. The third-order valence-corrected chi connectivity index (χ3v) is 27.0. The first kappa shape index (κ1) is 77.3. The number of rotatable bonds is 10. The van der Waals surface area contributed by atoms with Gasteiger partial charge in [0.15, 0.2) is 52.4 Å². The molecule has 17 aromatic carbocycles. The molecule has 27 rings (SSSR count). The number of aromatic nitrogens is 9. The normalized spacial score (nSPS) is 14.1. The number of furan rings is 4. The summed E-state index contributed by atoms with van der Waals surface area (Å²) in [5.74, 6) is 5.83. The lowest BCUT2D eigenvalue weighted by molar-refractivity contribution is 0.620. The van der Waals surface area contributed by atoms with Crippen LogP contribution in [-0.4, -0.2) is 44.9 Å². The van der Waals surface area contributed by atoms with Gasteiger partial charge in [0.2, 0.25) is 0 Å². The molecule has 0 aliphatic heterocycles. The van der Waals surface area contributed by atoms with Crippen LogP contribution < -0.4 is 0 Å². The van der Waals surface area contributed by atoms with E-state index in [1.54, 1.807) is 0 Å². The summed E-state index contributed by atoms with van der Waals surface area (Å²) >= 11 is 0. The summed E-state index contributed by atoms with van der Waals surface area (Å²) in [4.78, 5) is 45.6. The van der Waals surface area contributed by atoms with Crippen molar-refractivity contribution in [1.82, 2.24) is 44.9 Å². The third kappa shape index (κ3) is 12.3. The Labute approximate surface area is 759 Å². The summed E-state index contributed by atoms with van der Waals surface area (Å²) in [6, 6.07) is 133. The zero-order valence-electron chi connectivity index (χ0n) is 72.6. The van der Waals surface area contributed by atoms with Gasteiger partial charge < -0.3 is 17.7 Å². The van der Waals surface area contributed by atoms with E-state index < -0.39 is 5.41 Å². The van der Waals surface area contributed by atoms with Crippen molar-refractivity contribution in [2.75, 3.05) is 0 Å². The summed E-state index contributed by atoms with van der Waals surface area (Å²) in [6.45, 7) is 11.5. The SMILES string of the molecule is CC1(C)c2c(-c3nc(-c4ccccc4)nc(-c4ccccc4)n3)cccc2-c2ccc3c(oc4ccccc43)c21.CC1(C)c2c(-c3nc(-c4ccccc4)nc(-c4ccccc4)n3)cccc2-c2ccc3c(oc4ccccc43)c21.CC1(c2ccccc2)c2c(-c3nc(-c4ccccc4)nc(-c4ccc5oc6ccccc6c5c4)n3)cccc2-c2ccc3c(oc4ccccc43)c21. The Hall–Kier alpha value is -17.0. The molecule has 0 N–H and O–H groups in total. The van der Waals surface area contributed by atoms with Gasteiger partial charge in [-0.05, 0) is 123 Å². The van der Waals surface area contributed by atoms with Gasteiger partial charge in [-0.15, -0.1) is 0 Å². The van der Waals surface area contributed by atoms with Gasteiger partial charge in [0.05, 0.1) is 0 Å². The van der Waals surface area contributed by atoms with Crippen molar-refractivity contribution < 1.29 is 17.7 Å². The molecule has 1 atom stereocenters. The lowest BCUT2D eigenvalue weighted by Crippen LogP contribution is -2.24. The lowest BCUT2D eigenvalue weighted by atomic mass is 9.72. The molecule has 24 aromatic rings. The van der Waals surface area contributed by atoms with Crippen LogP contribution in [0, 0.1) is 0 Å². The van der Waals surface area contributed by atoms with Crippen LogP contribution >= 0.6 is 0 Å². The Bertz CT molecular complexity index is 8370. The molecular weight excluding hydrogens is 1620 g/mol. The fourth-order valence-corrected chi connectivity index (χ4v) is 21.1. The molecule has 0 fully saturated rings. The Morgan fingerprint density at radius 2 is 0.424 bits per heavy atom. The minimum atomic E-state index is -0.579. The fraction of sp³-hybridized carbons (Fsp3) is 0.0672. The first-order valence-electron chi connectivity index (χ1n) is 44.6. The zero-order valence-corrected chi connectivity index (χ0v) is 72.6. The molecule has 0 spiro atoms. The number of para-hydroxylation sites is 4. The molecule has 3 aliphatic carbocycles. The first-order chi connectivity index (χ1) is 64.8. The summed E-state index contributed by atoms with van der Waals surface area (Å²) in [6.07, 6.45) is 0. The van der Waals surface area contributed by atoms with Crippen molar-refractivity contribution in [1.29, 1.82) is 0 Å². The largest absolute Gasteiger partial charge is 0.456 e. The average molecular weight is 1700 g/mol. The monoisotopic (exact) mass is 1700 g/mol. The highest BCUT2D eigenvalue weighted by Crippen LogP contribution is 2.61. The molecule has 7 aromatic heterocycles. The minimum Gasteiger partial charge on any atom is -0.456 e. The summed E-state index contributed by atoms with van der Waals surface area (Å²) in [5.41, 5.74) is 30.0. The van der Waals surface area contributed by atoms with Crippen LogP contribution in [0.5, 0.6) is 0 Å². The lowest BCUT2D eigenvalue weighted by Gasteiger charge is -2.30. The maximum absolute atomic E-state index is 6.75.